The molecule has 4 aliphatic rings. The fraction of sp³-hybridized carbons (Fsp3) is 0.471. The highest BCUT2D eigenvalue weighted by Gasteiger charge is 2.45. The van der Waals surface area contributed by atoms with Crippen LogP contribution >= 0.6 is 12.4 Å². The highest BCUT2D eigenvalue weighted by molar-refractivity contribution is 5.90. The highest BCUT2D eigenvalue weighted by atomic mass is 35.5. The number of hydrogen-bond donors (Lipinski definition) is 1. The van der Waals surface area contributed by atoms with E-state index in [2.05, 4.69) is 11.5 Å². The van der Waals surface area contributed by atoms with E-state index in [4.69, 9.17) is 14.5 Å². The topological polar surface area (TPSA) is 146 Å². The van der Waals surface area contributed by atoms with E-state index in [0.717, 1.165) is 42.4 Å². The fourth-order valence-electron chi connectivity index (χ4n) is 7.40. The van der Waals surface area contributed by atoms with Crippen molar-refractivity contribution in [3.8, 4) is 17.1 Å². The van der Waals surface area contributed by atoms with Gasteiger partial charge >= 0.3 is 12.1 Å². The number of piperidine rings is 2. The lowest BCUT2D eigenvalue weighted by Crippen LogP contribution is -2.48. The first-order chi connectivity index (χ1) is 21.3. The van der Waals surface area contributed by atoms with E-state index >= 15 is 0 Å². The summed E-state index contributed by atoms with van der Waals surface area (Å²) in [5, 5.41) is 12.0. The van der Waals surface area contributed by atoms with Gasteiger partial charge in [-0.25, -0.2) is 14.6 Å². The van der Waals surface area contributed by atoms with Crippen LogP contribution in [0.4, 0.5) is 4.79 Å². The van der Waals surface area contributed by atoms with Gasteiger partial charge in [0.2, 0.25) is 0 Å². The Bertz CT molecular complexity index is 1740. The van der Waals surface area contributed by atoms with Crippen molar-refractivity contribution in [3.05, 3.63) is 69.5 Å². The summed E-state index contributed by atoms with van der Waals surface area (Å²) in [6.45, 7) is 9.42. The zero-order valence-electron chi connectivity index (χ0n) is 26.0. The second kappa shape index (κ2) is 13.2. The molecule has 0 radical (unpaired) electrons. The van der Waals surface area contributed by atoms with Crippen molar-refractivity contribution in [2.75, 3.05) is 26.2 Å². The minimum absolute atomic E-state index is 0. The number of nitrogens with zero attached hydrogens (tertiary/aromatic N) is 4. The molecule has 1 aromatic carbocycles. The van der Waals surface area contributed by atoms with Crippen molar-refractivity contribution in [2.45, 2.75) is 76.7 Å². The number of hydrogen-bond acceptors (Lipinski definition) is 8. The molecular formula is C34H41ClN4O7. The van der Waals surface area contributed by atoms with E-state index in [1.54, 1.807) is 34.6 Å². The van der Waals surface area contributed by atoms with Gasteiger partial charge in [0.05, 0.1) is 29.0 Å². The van der Waals surface area contributed by atoms with Gasteiger partial charge in [0.1, 0.15) is 12.4 Å². The van der Waals surface area contributed by atoms with E-state index in [-0.39, 0.29) is 53.7 Å². The lowest BCUT2D eigenvalue weighted by Gasteiger charge is -2.39. The number of aliphatic hydroxyl groups is 1. The molecule has 1 atom stereocenters. The molecule has 0 saturated carbocycles. The Morgan fingerprint density at radius 3 is 2.59 bits per heavy atom. The number of carbonyl (C=O) groups excluding carboxylic acids is 2. The maximum absolute atomic E-state index is 13.5. The molecule has 46 heavy (non-hydrogen) atoms. The van der Waals surface area contributed by atoms with Crippen molar-refractivity contribution in [2.24, 2.45) is 0 Å². The number of pyridine rings is 2. The zero-order chi connectivity index (χ0) is 30.6. The summed E-state index contributed by atoms with van der Waals surface area (Å²) in [6, 6.07) is 7.85. The number of likely N-dealkylation sites (tertiary alicyclic amines) is 2. The van der Waals surface area contributed by atoms with Crippen LogP contribution in [-0.4, -0.2) is 74.2 Å². The highest BCUT2D eigenvalue weighted by Crippen LogP contribution is 2.40. The Labute approximate surface area is 273 Å². The van der Waals surface area contributed by atoms with Crippen molar-refractivity contribution in [1.82, 2.24) is 19.4 Å². The summed E-state index contributed by atoms with van der Waals surface area (Å²) < 4.78 is 12.8. The molecule has 0 bridgehead atoms. The van der Waals surface area contributed by atoms with Crippen LogP contribution in [0.5, 0.6) is 5.75 Å². The molecule has 0 aliphatic carbocycles. The molecule has 3 aromatic rings. The molecule has 12 heteroatoms. The molecule has 2 fully saturated rings. The maximum Gasteiger partial charge on any atom is 0.415 e. The molecule has 1 amide bonds. The Balaban J connectivity index is 0.00000208. The second-order valence-electron chi connectivity index (χ2n) is 12.4. The second-order valence-corrected chi connectivity index (χ2v) is 12.4. The number of ether oxygens (including phenoxy) is 2. The van der Waals surface area contributed by atoms with Crippen molar-refractivity contribution in [1.29, 1.82) is 0 Å². The van der Waals surface area contributed by atoms with Crippen LogP contribution in [0.15, 0.2) is 41.7 Å². The predicted molar refractivity (Wildman–Crippen MR) is 175 cm³/mol. The first-order valence-corrected chi connectivity index (χ1v) is 15.8. The Hall–Kier alpha value is -3.77. The number of carbonyl (C=O) groups is 2. The number of rotatable bonds is 5. The minimum Gasteiger partial charge on any atom is -0.458 e. The van der Waals surface area contributed by atoms with Gasteiger partial charge in [0.25, 0.3) is 5.56 Å². The first-order valence-electron chi connectivity index (χ1n) is 15.8. The molecule has 3 N–H and O–H groups in total. The summed E-state index contributed by atoms with van der Waals surface area (Å²) in [7, 11) is 0. The van der Waals surface area contributed by atoms with Crippen LogP contribution in [0.25, 0.3) is 22.3 Å². The van der Waals surface area contributed by atoms with Crippen LogP contribution in [0.3, 0.4) is 0 Å². The number of cyclic esters (lactones) is 1. The van der Waals surface area contributed by atoms with Gasteiger partial charge in [0, 0.05) is 41.2 Å². The smallest absolute Gasteiger partial charge is 0.415 e. The molecule has 2 aromatic heterocycles. The standard InChI is InChI=1S/C34H38N4O6.ClH.H2O/c1-3-8-23-24-17-21-19-38-28(18-26-25(31(38)39)20-43-32(40)34(26,42)4-2)30(21)35-27(24)9-10-29(23)44-33(41)37-15-11-22(12-16-37)36-13-6-5-7-14-36;;/h3,9-10,17-18,22,42H,1,4-8,11-16,19-20H2,2H3;1H;1H2/t34-;;/m0../s1. The lowest BCUT2D eigenvalue weighted by molar-refractivity contribution is -0.172. The van der Waals surface area contributed by atoms with Crippen molar-refractivity contribution < 1.29 is 29.6 Å². The van der Waals surface area contributed by atoms with Gasteiger partial charge in [-0.2, -0.15) is 0 Å². The largest absolute Gasteiger partial charge is 0.458 e. The van der Waals surface area contributed by atoms with Crippen LogP contribution in [0.2, 0.25) is 0 Å². The van der Waals surface area contributed by atoms with Crippen molar-refractivity contribution >= 4 is 35.4 Å². The zero-order valence-corrected chi connectivity index (χ0v) is 26.9. The molecule has 11 nitrogen and oxygen atoms in total. The number of halogens is 1. The van der Waals surface area contributed by atoms with Gasteiger partial charge in [-0.3, -0.25) is 4.79 Å². The normalized spacial score (nSPS) is 20.9. The molecular weight excluding hydrogens is 612 g/mol. The number of allylic oxidation sites excluding steroid dienone is 1. The van der Waals surface area contributed by atoms with Crippen LogP contribution in [-0.2, 0) is 34.7 Å². The van der Waals surface area contributed by atoms with Gasteiger partial charge in [-0.05, 0) is 75.9 Å². The van der Waals surface area contributed by atoms with E-state index in [9.17, 15) is 19.5 Å². The van der Waals surface area contributed by atoms with Crippen LogP contribution < -0.4 is 10.3 Å². The molecule has 4 aliphatic heterocycles. The van der Waals surface area contributed by atoms with Gasteiger partial charge in [-0.1, -0.05) is 19.4 Å². The van der Waals surface area contributed by atoms with Gasteiger partial charge in [-0.15, -0.1) is 19.0 Å². The number of aromatic nitrogens is 2. The van der Waals surface area contributed by atoms with Gasteiger partial charge < -0.3 is 34.4 Å². The van der Waals surface area contributed by atoms with E-state index < -0.39 is 11.6 Å². The summed E-state index contributed by atoms with van der Waals surface area (Å²) in [4.78, 5) is 48.7. The number of fused-ring (bicyclic) bond motifs is 5. The molecule has 7 rings (SSSR count). The lowest BCUT2D eigenvalue weighted by atomic mass is 9.86. The van der Waals surface area contributed by atoms with Gasteiger partial charge in [0.15, 0.2) is 5.60 Å². The minimum atomic E-state index is -1.87. The average Bonchev–Trinajstić information content (AvgIpc) is 3.41. The summed E-state index contributed by atoms with van der Waals surface area (Å²) >= 11 is 0. The Morgan fingerprint density at radius 2 is 1.89 bits per heavy atom. The Morgan fingerprint density at radius 1 is 1.15 bits per heavy atom. The molecule has 0 unspecified atom stereocenters. The molecule has 2 saturated heterocycles. The first kappa shape index (κ1) is 33.6. The third-order valence-corrected chi connectivity index (χ3v) is 9.94. The third-order valence-electron chi connectivity index (χ3n) is 9.94. The SMILES string of the molecule is C=CCc1c(OC(=O)N2CCC(N3CCCCC3)CC2)ccc2nc3c(cc12)Cn1c-3cc2c(c1=O)COC(=O)[C@]2(O)CC.Cl.O. The van der Waals surface area contributed by atoms with Crippen LogP contribution in [0, 0.1) is 0 Å². The number of benzene rings is 1. The summed E-state index contributed by atoms with van der Waals surface area (Å²) in [6.07, 6.45) is 7.75. The van der Waals surface area contributed by atoms with Crippen LogP contribution in [0.1, 0.15) is 67.7 Å². The van der Waals surface area contributed by atoms with Crippen molar-refractivity contribution in [3.63, 3.8) is 0 Å². The summed E-state index contributed by atoms with van der Waals surface area (Å²) in [5.74, 6) is -0.266. The maximum atomic E-state index is 13.5. The number of amides is 1. The summed E-state index contributed by atoms with van der Waals surface area (Å²) in [5.41, 5.74) is 1.91. The van der Waals surface area contributed by atoms with E-state index in [1.165, 1.54) is 19.3 Å². The average molecular weight is 653 g/mol. The number of esters is 1. The monoisotopic (exact) mass is 652 g/mol. The molecule has 246 valence electrons. The third kappa shape index (κ3) is 5.49. The molecule has 0 spiro atoms. The van der Waals surface area contributed by atoms with E-state index in [1.807, 2.05) is 12.1 Å². The quantitative estimate of drug-likeness (QED) is 0.253. The fourth-order valence-corrected chi connectivity index (χ4v) is 7.40. The molecule has 6 heterocycles. The van der Waals surface area contributed by atoms with E-state index in [0.29, 0.717) is 54.8 Å². The Kier molecular flexibility index (Phi) is 9.60. The predicted octanol–water partition coefficient (Wildman–Crippen LogP) is 3.85.